The molecule has 0 nitrogen and oxygen atoms in total. The number of rotatable bonds is 4. The van der Waals surface area contributed by atoms with Gasteiger partial charge in [-0.25, -0.2) is 0 Å². The molecule has 0 heterocycles. The fourth-order valence-electron chi connectivity index (χ4n) is 1.85. The van der Waals surface area contributed by atoms with Crippen LogP contribution in [-0.2, 0) is 0 Å². The molecule has 0 saturated heterocycles. The van der Waals surface area contributed by atoms with E-state index in [9.17, 15) is 0 Å². The maximum Gasteiger partial charge on any atom is 0.0152 e. The Morgan fingerprint density at radius 2 is 1.11 bits per heavy atom. The molecule has 100 valence electrons. The minimum absolute atomic E-state index is 1.33. The third-order valence-electron chi connectivity index (χ3n) is 2.98. The molecule has 2 rings (SSSR count). The van der Waals surface area contributed by atoms with Gasteiger partial charge in [0.15, 0.2) is 0 Å². The number of thioether (sulfide) groups is 2. The molecule has 0 aromatic heterocycles. The lowest BCUT2D eigenvalue weighted by Crippen LogP contribution is -1.84. The van der Waals surface area contributed by atoms with Crippen molar-refractivity contribution >= 4 is 35.3 Å². The molecule has 0 unspecified atom stereocenters. The van der Waals surface area contributed by atoms with Gasteiger partial charge in [-0.2, -0.15) is 0 Å². The fraction of sp³-hybridized carbons (Fsp3) is 0.250. The molecule has 0 saturated carbocycles. The van der Waals surface area contributed by atoms with E-state index in [1.54, 1.807) is 23.5 Å². The van der Waals surface area contributed by atoms with Gasteiger partial charge < -0.3 is 0 Å². The molecule has 0 bridgehead atoms. The quantitative estimate of drug-likeness (QED) is 0.646. The molecule has 0 radical (unpaired) electrons. The highest BCUT2D eigenvalue weighted by atomic mass is 32.2. The summed E-state index contributed by atoms with van der Waals surface area (Å²) in [6, 6.07) is 13.4. The standard InChI is InChI=1S/C16H18S3/c1-11-9-13(17-3)5-7-15(11)19-16-8-6-14(18-4)10-12(16)2/h5-10H,1-4H3. The van der Waals surface area contributed by atoms with Crippen LogP contribution >= 0.6 is 35.3 Å². The van der Waals surface area contributed by atoms with Crippen LogP contribution in [0.4, 0.5) is 0 Å². The van der Waals surface area contributed by atoms with Gasteiger partial charge in [-0.1, -0.05) is 11.8 Å². The lowest BCUT2D eigenvalue weighted by Gasteiger charge is -2.10. The second-order valence-corrected chi connectivity index (χ2v) is 7.21. The molecule has 0 amide bonds. The van der Waals surface area contributed by atoms with E-state index < -0.39 is 0 Å². The minimum Gasteiger partial charge on any atom is -0.130 e. The zero-order valence-electron chi connectivity index (χ0n) is 11.7. The van der Waals surface area contributed by atoms with E-state index in [-0.39, 0.29) is 0 Å². The zero-order chi connectivity index (χ0) is 13.8. The van der Waals surface area contributed by atoms with Crippen molar-refractivity contribution in [1.82, 2.24) is 0 Å². The zero-order valence-corrected chi connectivity index (χ0v) is 14.1. The first-order valence-corrected chi connectivity index (χ1v) is 9.38. The summed E-state index contributed by atoms with van der Waals surface area (Å²) in [6.45, 7) is 4.38. The molecule has 0 fully saturated rings. The van der Waals surface area contributed by atoms with E-state index in [0.29, 0.717) is 0 Å². The van der Waals surface area contributed by atoms with Crippen molar-refractivity contribution < 1.29 is 0 Å². The summed E-state index contributed by atoms with van der Waals surface area (Å²) in [6.07, 6.45) is 4.24. The normalized spacial score (nSPS) is 10.7. The van der Waals surface area contributed by atoms with Crippen molar-refractivity contribution in [2.24, 2.45) is 0 Å². The average Bonchev–Trinajstić information content (AvgIpc) is 2.42. The molecule has 0 atom stereocenters. The van der Waals surface area contributed by atoms with Crippen LogP contribution in [0.15, 0.2) is 56.0 Å². The van der Waals surface area contributed by atoms with Gasteiger partial charge in [0, 0.05) is 19.6 Å². The van der Waals surface area contributed by atoms with Crippen LogP contribution in [0.5, 0.6) is 0 Å². The van der Waals surface area contributed by atoms with Crippen LogP contribution in [-0.4, -0.2) is 12.5 Å². The largest absolute Gasteiger partial charge is 0.130 e. The first-order valence-electron chi connectivity index (χ1n) is 6.11. The summed E-state index contributed by atoms with van der Waals surface area (Å²) >= 11 is 5.45. The van der Waals surface area contributed by atoms with Gasteiger partial charge in [-0.15, -0.1) is 23.5 Å². The molecule has 3 heteroatoms. The van der Waals surface area contributed by atoms with Crippen LogP contribution in [0, 0.1) is 13.8 Å². The van der Waals surface area contributed by atoms with Crippen molar-refractivity contribution in [1.29, 1.82) is 0 Å². The predicted octanol–water partition coefficient (Wildman–Crippen LogP) is 5.90. The Labute approximate surface area is 128 Å². The molecular weight excluding hydrogens is 288 g/mol. The predicted molar refractivity (Wildman–Crippen MR) is 90.0 cm³/mol. The Hall–Kier alpha value is -0.510. The van der Waals surface area contributed by atoms with Crippen LogP contribution in [0.2, 0.25) is 0 Å². The van der Waals surface area contributed by atoms with Crippen LogP contribution in [0.3, 0.4) is 0 Å². The van der Waals surface area contributed by atoms with E-state index >= 15 is 0 Å². The second kappa shape index (κ2) is 6.78. The van der Waals surface area contributed by atoms with E-state index in [0.717, 1.165) is 0 Å². The van der Waals surface area contributed by atoms with Crippen molar-refractivity contribution in [3.05, 3.63) is 47.5 Å². The summed E-state index contributed by atoms with van der Waals surface area (Å²) in [7, 11) is 0. The van der Waals surface area contributed by atoms with Gasteiger partial charge in [0.25, 0.3) is 0 Å². The van der Waals surface area contributed by atoms with Crippen LogP contribution in [0.1, 0.15) is 11.1 Å². The Balaban J connectivity index is 2.26. The SMILES string of the molecule is CSc1ccc(Sc2ccc(SC)cc2C)c(C)c1. The molecule has 0 aliphatic heterocycles. The highest BCUT2D eigenvalue weighted by Gasteiger charge is 2.05. The first-order chi connectivity index (χ1) is 9.13. The summed E-state index contributed by atoms with van der Waals surface area (Å²) in [5, 5.41) is 0. The van der Waals surface area contributed by atoms with E-state index in [1.165, 1.54) is 30.7 Å². The van der Waals surface area contributed by atoms with E-state index in [1.807, 2.05) is 11.8 Å². The molecule has 0 N–H and O–H groups in total. The summed E-state index contributed by atoms with van der Waals surface area (Å²) < 4.78 is 0. The summed E-state index contributed by atoms with van der Waals surface area (Å²) in [5.74, 6) is 0. The topological polar surface area (TPSA) is 0 Å². The van der Waals surface area contributed by atoms with Gasteiger partial charge in [0.2, 0.25) is 0 Å². The number of hydrogen-bond donors (Lipinski definition) is 0. The van der Waals surface area contributed by atoms with Gasteiger partial charge in [0.05, 0.1) is 0 Å². The average molecular weight is 307 g/mol. The van der Waals surface area contributed by atoms with E-state index in [4.69, 9.17) is 0 Å². The highest BCUT2D eigenvalue weighted by Crippen LogP contribution is 2.35. The van der Waals surface area contributed by atoms with Crippen molar-refractivity contribution in [2.75, 3.05) is 12.5 Å². The van der Waals surface area contributed by atoms with Crippen LogP contribution in [0.25, 0.3) is 0 Å². The Bertz CT molecular complexity index is 525. The molecule has 0 spiro atoms. The third-order valence-corrected chi connectivity index (χ3v) is 5.79. The van der Waals surface area contributed by atoms with Gasteiger partial charge in [-0.05, 0) is 73.9 Å². The molecule has 0 aliphatic rings. The molecular formula is C16H18S3. The third kappa shape index (κ3) is 3.74. The molecule has 2 aromatic rings. The van der Waals surface area contributed by atoms with Crippen LogP contribution < -0.4 is 0 Å². The Morgan fingerprint density at radius 3 is 1.42 bits per heavy atom. The second-order valence-electron chi connectivity index (χ2n) is 4.36. The first kappa shape index (κ1) is 14.9. The lowest BCUT2D eigenvalue weighted by molar-refractivity contribution is 1.21. The maximum atomic E-state index is 2.26. The van der Waals surface area contributed by atoms with Gasteiger partial charge in [-0.3, -0.25) is 0 Å². The smallest absolute Gasteiger partial charge is 0.0152 e. The summed E-state index contributed by atoms with van der Waals surface area (Å²) in [4.78, 5) is 5.35. The monoisotopic (exact) mass is 306 g/mol. The molecule has 0 aliphatic carbocycles. The maximum absolute atomic E-state index is 2.26. The number of aryl methyl sites for hydroxylation is 2. The Morgan fingerprint density at radius 1 is 0.684 bits per heavy atom. The van der Waals surface area contributed by atoms with Gasteiger partial charge in [0.1, 0.15) is 0 Å². The van der Waals surface area contributed by atoms with Crippen molar-refractivity contribution in [3.8, 4) is 0 Å². The molecule has 2 aromatic carbocycles. The Kier molecular flexibility index (Phi) is 5.31. The lowest BCUT2D eigenvalue weighted by atomic mass is 10.2. The summed E-state index contributed by atoms with van der Waals surface area (Å²) in [5.41, 5.74) is 2.70. The minimum atomic E-state index is 1.33. The van der Waals surface area contributed by atoms with Crippen molar-refractivity contribution in [2.45, 2.75) is 33.4 Å². The van der Waals surface area contributed by atoms with Gasteiger partial charge >= 0.3 is 0 Å². The number of benzene rings is 2. The van der Waals surface area contributed by atoms with E-state index in [2.05, 4.69) is 62.8 Å². The number of hydrogen-bond acceptors (Lipinski definition) is 3. The highest BCUT2D eigenvalue weighted by molar-refractivity contribution is 7.99. The van der Waals surface area contributed by atoms with Crippen molar-refractivity contribution in [3.63, 3.8) is 0 Å². The molecule has 19 heavy (non-hydrogen) atoms. The fourth-order valence-corrected chi connectivity index (χ4v) is 3.79.